The standard InChI is InChI=1S/C10H20N2/c1-5-10(6-11)8-12(4)7-9(2)3/h9-10H,5,7-8H2,1-4H3. The highest BCUT2D eigenvalue weighted by molar-refractivity contribution is 4.83. The molecule has 0 spiro atoms. The summed E-state index contributed by atoms with van der Waals surface area (Å²) in [4.78, 5) is 2.24. The van der Waals surface area contributed by atoms with Gasteiger partial charge in [-0.05, 0) is 19.4 Å². The Morgan fingerprint density at radius 2 is 1.92 bits per heavy atom. The lowest BCUT2D eigenvalue weighted by Gasteiger charge is -2.20. The van der Waals surface area contributed by atoms with Crippen molar-refractivity contribution in [3.63, 3.8) is 0 Å². The highest BCUT2D eigenvalue weighted by Gasteiger charge is 2.08. The van der Waals surface area contributed by atoms with E-state index in [2.05, 4.69) is 38.8 Å². The molecule has 0 fully saturated rings. The Hall–Kier alpha value is -0.550. The molecule has 0 N–H and O–H groups in total. The molecule has 0 rings (SSSR count). The molecule has 2 nitrogen and oxygen atoms in total. The van der Waals surface area contributed by atoms with Gasteiger partial charge in [0.2, 0.25) is 0 Å². The first-order valence-corrected chi connectivity index (χ1v) is 4.68. The van der Waals surface area contributed by atoms with Crippen LogP contribution in [0.2, 0.25) is 0 Å². The van der Waals surface area contributed by atoms with Crippen LogP contribution in [-0.4, -0.2) is 25.0 Å². The van der Waals surface area contributed by atoms with Crippen molar-refractivity contribution in [1.82, 2.24) is 4.90 Å². The topological polar surface area (TPSA) is 27.0 Å². The molecule has 0 amide bonds. The van der Waals surface area contributed by atoms with E-state index < -0.39 is 0 Å². The third-order valence-electron chi connectivity index (χ3n) is 1.88. The maximum Gasteiger partial charge on any atom is 0.0669 e. The molecule has 0 heterocycles. The van der Waals surface area contributed by atoms with Crippen LogP contribution in [0.5, 0.6) is 0 Å². The zero-order chi connectivity index (χ0) is 9.56. The molecule has 0 saturated carbocycles. The summed E-state index contributed by atoms with van der Waals surface area (Å²) in [5.74, 6) is 0.889. The van der Waals surface area contributed by atoms with Crippen LogP contribution >= 0.6 is 0 Å². The van der Waals surface area contributed by atoms with E-state index in [0.29, 0.717) is 5.92 Å². The predicted molar refractivity (Wildman–Crippen MR) is 51.7 cm³/mol. The van der Waals surface area contributed by atoms with Gasteiger partial charge in [-0.15, -0.1) is 0 Å². The van der Waals surface area contributed by atoms with E-state index in [-0.39, 0.29) is 5.92 Å². The van der Waals surface area contributed by atoms with Crippen LogP contribution in [0, 0.1) is 23.2 Å². The second kappa shape index (κ2) is 6.02. The first-order valence-electron chi connectivity index (χ1n) is 4.68. The van der Waals surface area contributed by atoms with E-state index in [0.717, 1.165) is 19.5 Å². The minimum Gasteiger partial charge on any atom is -0.305 e. The van der Waals surface area contributed by atoms with Gasteiger partial charge in [-0.3, -0.25) is 0 Å². The van der Waals surface area contributed by atoms with Gasteiger partial charge in [0.15, 0.2) is 0 Å². The molecule has 70 valence electrons. The van der Waals surface area contributed by atoms with Gasteiger partial charge in [0, 0.05) is 13.1 Å². The lowest BCUT2D eigenvalue weighted by Crippen LogP contribution is -2.28. The Labute approximate surface area is 76.2 Å². The van der Waals surface area contributed by atoms with Crippen molar-refractivity contribution in [3.05, 3.63) is 0 Å². The smallest absolute Gasteiger partial charge is 0.0669 e. The SMILES string of the molecule is CCC(C#N)CN(C)CC(C)C. The summed E-state index contributed by atoms with van der Waals surface area (Å²) in [7, 11) is 2.08. The molecule has 0 aromatic rings. The fourth-order valence-corrected chi connectivity index (χ4v) is 1.34. The summed E-state index contributed by atoms with van der Waals surface area (Å²) in [5.41, 5.74) is 0. The molecule has 0 aliphatic rings. The Morgan fingerprint density at radius 1 is 1.33 bits per heavy atom. The van der Waals surface area contributed by atoms with Gasteiger partial charge in [-0.2, -0.15) is 5.26 Å². The monoisotopic (exact) mass is 168 g/mol. The van der Waals surface area contributed by atoms with Crippen LogP contribution in [0.4, 0.5) is 0 Å². The maximum absolute atomic E-state index is 8.73. The molecule has 0 bridgehead atoms. The van der Waals surface area contributed by atoms with E-state index in [1.165, 1.54) is 0 Å². The lowest BCUT2D eigenvalue weighted by atomic mass is 10.1. The third-order valence-corrected chi connectivity index (χ3v) is 1.88. The quantitative estimate of drug-likeness (QED) is 0.628. The van der Waals surface area contributed by atoms with Crippen LogP contribution < -0.4 is 0 Å². The van der Waals surface area contributed by atoms with Crippen molar-refractivity contribution in [2.24, 2.45) is 11.8 Å². The van der Waals surface area contributed by atoms with Gasteiger partial charge < -0.3 is 4.90 Å². The van der Waals surface area contributed by atoms with Gasteiger partial charge in [0.05, 0.1) is 12.0 Å². The minimum absolute atomic E-state index is 0.203. The van der Waals surface area contributed by atoms with Crippen LogP contribution in [0.15, 0.2) is 0 Å². The number of hydrogen-bond acceptors (Lipinski definition) is 2. The summed E-state index contributed by atoms with van der Waals surface area (Å²) in [6.45, 7) is 8.45. The van der Waals surface area contributed by atoms with Gasteiger partial charge in [0.25, 0.3) is 0 Å². The van der Waals surface area contributed by atoms with Crippen LogP contribution in [0.1, 0.15) is 27.2 Å². The molecule has 1 unspecified atom stereocenters. The van der Waals surface area contributed by atoms with Crippen molar-refractivity contribution < 1.29 is 0 Å². The third kappa shape index (κ3) is 5.15. The maximum atomic E-state index is 8.73. The summed E-state index contributed by atoms with van der Waals surface area (Å²) < 4.78 is 0. The predicted octanol–water partition coefficient (Wildman–Crippen LogP) is 2.12. The molecule has 0 saturated heterocycles. The van der Waals surface area contributed by atoms with E-state index in [1.54, 1.807) is 0 Å². The molecule has 0 aromatic heterocycles. The highest BCUT2D eigenvalue weighted by atomic mass is 15.1. The fourth-order valence-electron chi connectivity index (χ4n) is 1.34. The van der Waals surface area contributed by atoms with Crippen LogP contribution in [-0.2, 0) is 0 Å². The molecule has 0 radical (unpaired) electrons. The van der Waals surface area contributed by atoms with Crippen molar-refractivity contribution in [2.45, 2.75) is 27.2 Å². The zero-order valence-electron chi connectivity index (χ0n) is 8.67. The second-order valence-corrected chi connectivity index (χ2v) is 3.85. The molecule has 0 aliphatic heterocycles. The molecule has 12 heavy (non-hydrogen) atoms. The van der Waals surface area contributed by atoms with E-state index in [1.807, 2.05) is 0 Å². The Balaban J connectivity index is 3.68. The normalized spacial score (nSPS) is 13.4. The fraction of sp³-hybridized carbons (Fsp3) is 0.900. The minimum atomic E-state index is 0.203. The Kier molecular flexibility index (Phi) is 5.74. The number of nitriles is 1. The average Bonchev–Trinajstić information content (AvgIpc) is 1.98. The molecule has 1 atom stereocenters. The van der Waals surface area contributed by atoms with Crippen molar-refractivity contribution in [3.8, 4) is 6.07 Å². The van der Waals surface area contributed by atoms with E-state index in [9.17, 15) is 0 Å². The molecular weight excluding hydrogens is 148 g/mol. The number of nitrogens with zero attached hydrogens (tertiary/aromatic N) is 2. The second-order valence-electron chi connectivity index (χ2n) is 3.85. The largest absolute Gasteiger partial charge is 0.305 e. The average molecular weight is 168 g/mol. The van der Waals surface area contributed by atoms with Gasteiger partial charge in [0.1, 0.15) is 0 Å². The number of rotatable bonds is 5. The Morgan fingerprint density at radius 3 is 2.25 bits per heavy atom. The van der Waals surface area contributed by atoms with Gasteiger partial charge in [-0.1, -0.05) is 20.8 Å². The van der Waals surface area contributed by atoms with E-state index in [4.69, 9.17) is 5.26 Å². The molecule has 0 aromatic carbocycles. The van der Waals surface area contributed by atoms with E-state index >= 15 is 0 Å². The summed E-state index contributed by atoms with van der Waals surface area (Å²) >= 11 is 0. The van der Waals surface area contributed by atoms with Gasteiger partial charge >= 0.3 is 0 Å². The lowest BCUT2D eigenvalue weighted by molar-refractivity contribution is 0.269. The first-order chi connectivity index (χ1) is 5.60. The van der Waals surface area contributed by atoms with Gasteiger partial charge in [-0.25, -0.2) is 0 Å². The Bertz CT molecular complexity index is 146. The zero-order valence-corrected chi connectivity index (χ0v) is 8.67. The highest BCUT2D eigenvalue weighted by Crippen LogP contribution is 2.04. The summed E-state index contributed by atoms with van der Waals surface area (Å²) in [5, 5.41) is 8.73. The molecule has 2 heteroatoms. The molecule has 0 aliphatic carbocycles. The van der Waals surface area contributed by atoms with Crippen molar-refractivity contribution in [1.29, 1.82) is 5.26 Å². The van der Waals surface area contributed by atoms with Crippen molar-refractivity contribution >= 4 is 0 Å². The number of hydrogen-bond donors (Lipinski definition) is 0. The first kappa shape index (κ1) is 11.4. The van der Waals surface area contributed by atoms with Crippen LogP contribution in [0.25, 0.3) is 0 Å². The van der Waals surface area contributed by atoms with Crippen LogP contribution in [0.3, 0.4) is 0 Å². The van der Waals surface area contributed by atoms with Crippen molar-refractivity contribution in [2.75, 3.05) is 20.1 Å². The summed E-state index contributed by atoms with van der Waals surface area (Å²) in [6.07, 6.45) is 0.957. The molecular formula is C10H20N2. The summed E-state index contributed by atoms with van der Waals surface area (Å²) in [6, 6.07) is 2.31.